The van der Waals surface area contributed by atoms with E-state index in [9.17, 15) is 9.59 Å². The summed E-state index contributed by atoms with van der Waals surface area (Å²) in [4.78, 5) is 26.9. The van der Waals surface area contributed by atoms with Gasteiger partial charge in [-0.3, -0.25) is 9.59 Å². The number of hydrogen-bond acceptors (Lipinski definition) is 3. The molecule has 0 unspecified atom stereocenters. The van der Waals surface area contributed by atoms with Gasteiger partial charge in [-0.25, -0.2) is 0 Å². The van der Waals surface area contributed by atoms with E-state index >= 15 is 0 Å². The van der Waals surface area contributed by atoms with Crippen LogP contribution in [0.4, 0.5) is 5.69 Å². The number of para-hydroxylation sites is 1. The molecule has 27 heavy (non-hydrogen) atoms. The van der Waals surface area contributed by atoms with Crippen LogP contribution in [0.15, 0.2) is 48.5 Å². The zero-order valence-electron chi connectivity index (χ0n) is 15.7. The number of nitrogens with one attached hydrogen (secondary N) is 1. The van der Waals surface area contributed by atoms with E-state index in [1.165, 1.54) is 12.0 Å². The van der Waals surface area contributed by atoms with Crippen LogP contribution in [0, 0.1) is 0 Å². The molecule has 0 spiro atoms. The highest BCUT2D eigenvalue weighted by atomic mass is 16.5. The number of benzene rings is 2. The third-order valence-electron chi connectivity index (χ3n) is 4.78. The molecule has 3 rings (SSSR count). The lowest BCUT2D eigenvalue weighted by Crippen LogP contribution is -2.36. The standard InChI is InChI=1S/C22H26N2O3/c1-2-17-10-12-18(13-11-17)27-16-21(25)23-20-9-5-4-8-19(20)22(26)24-14-6-3-7-15-24/h4-5,8-13H,2-3,6-7,14-16H2,1H3,(H,23,25). The quantitative estimate of drug-likeness (QED) is 0.844. The van der Waals surface area contributed by atoms with E-state index in [0.717, 1.165) is 32.4 Å². The smallest absolute Gasteiger partial charge is 0.262 e. The van der Waals surface area contributed by atoms with E-state index < -0.39 is 0 Å². The summed E-state index contributed by atoms with van der Waals surface area (Å²) < 4.78 is 5.55. The molecule has 0 atom stereocenters. The maximum absolute atomic E-state index is 12.8. The Balaban J connectivity index is 1.61. The van der Waals surface area contributed by atoms with E-state index in [1.54, 1.807) is 12.1 Å². The van der Waals surface area contributed by atoms with Crippen LogP contribution in [0.25, 0.3) is 0 Å². The van der Waals surface area contributed by atoms with Crippen LogP contribution in [-0.2, 0) is 11.2 Å². The van der Waals surface area contributed by atoms with Gasteiger partial charge in [-0.15, -0.1) is 0 Å². The number of anilines is 1. The van der Waals surface area contributed by atoms with Crippen molar-refractivity contribution >= 4 is 17.5 Å². The fraction of sp³-hybridized carbons (Fsp3) is 0.364. The van der Waals surface area contributed by atoms with Crippen LogP contribution < -0.4 is 10.1 Å². The molecule has 1 aliphatic heterocycles. The molecule has 1 heterocycles. The summed E-state index contributed by atoms with van der Waals surface area (Å²) in [6.45, 7) is 3.54. The van der Waals surface area contributed by atoms with Crippen molar-refractivity contribution in [2.45, 2.75) is 32.6 Å². The van der Waals surface area contributed by atoms with Crippen molar-refractivity contribution in [2.24, 2.45) is 0 Å². The molecule has 5 heteroatoms. The molecule has 142 valence electrons. The van der Waals surface area contributed by atoms with Crippen molar-refractivity contribution < 1.29 is 14.3 Å². The summed E-state index contributed by atoms with van der Waals surface area (Å²) >= 11 is 0. The van der Waals surface area contributed by atoms with Gasteiger partial charge in [0.15, 0.2) is 6.61 Å². The summed E-state index contributed by atoms with van der Waals surface area (Å²) in [7, 11) is 0. The number of ether oxygens (including phenoxy) is 1. The van der Waals surface area contributed by atoms with Crippen LogP contribution in [-0.4, -0.2) is 36.4 Å². The second kappa shape index (κ2) is 9.21. The average molecular weight is 366 g/mol. The van der Waals surface area contributed by atoms with Gasteiger partial charge in [-0.1, -0.05) is 31.2 Å². The molecule has 1 saturated heterocycles. The number of likely N-dealkylation sites (tertiary alicyclic amines) is 1. The monoisotopic (exact) mass is 366 g/mol. The molecule has 1 fully saturated rings. The van der Waals surface area contributed by atoms with Gasteiger partial charge in [0.05, 0.1) is 11.3 Å². The number of rotatable bonds is 6. The maximum atomic E-state index is 12.8. The van der Waals surface area contributed by atoms with Gasteiger partial charge in [0.2, 0.25) is 0 Å². The second-order valence-electron chi connectivity index (χ2n) is 6.73. The summed E-state index contributed by atoms with van der Waals surface area (Å²) in [5.74, 6) is 0.343. The van der Waals surface area contributed by atoms with E-state index in [0.29, 0.717) is 17.0 Å². The summed E-state index contributed by atoms with van der Waals surface area (Å²) in [5.41, 5.74) is 2.28. The molecule has 2 aromatic carbocycles. The minimum Gasteiger partial charge on any atom is -0.484 e. The fourth-order valence-electron chi connectivity index (χ4n) is 3.20. The van der Waals surface area contributed by atoms with Gasteiger partial charge >= 0.3 is 0 Å². The van der Waals surface area contributed by atoms with Crippen LogP contribution in [0.1, 0.15) is 42.1 Å². The van der Waals surface area contributed by atoms with Crippen molar-refractivity contribution in [1.29, 1.82) is 0 Å². The van der Waals surface area contributed by atoms with Gasteiger partial charge in [-0.05, 0) is 55.5 Å². The molecule has 1 aliphatic rings. The third-order valence-corrected chi connectivity index (χ3v) is 4.78. The minimum absolute atomic E-state index is 0.0262. The normalized spacial score (nSPS) is 13.9. The Morgan fingerprint density at radius 3 is 2.41 bits per heavy atom. The van der Waals surface area contributed by atoms with Crippen molar-refractivity contribution in [3.63, 3.8) is 0 Å². The lowest BCUT2D eigenvalue weighted by atomic mass is 10.1. The first-order chi connectivity index (χ1) is 13.2. The average Bonchev–Trinajstić information content (AvgIpc) is 2.73. The number of carbonyl (C=O) groups excluding carboxylic acids is 2. The number of hydrogen-bond donors (Lipinski definition) is 1. The number of carbonyl (C=O) groups is 2. The van der Waals surface area contributed by atoms with E-state index in [2.05, 4.69) is 12.2 Å². The molecular formula is C22H26N2O3. The summed E-state index contributed by atoms with van der Waals surface area (Å²) in [5, 5.41) is 2.81. The first kappa shape index (κ1) is 19.0. The highest BCUT2D eigenvalue weighted by Gasteiger charge is 2.21. The molecule has 1 N–H and O–H groups in total. The predicted molar refractivity (Wildman–Crippen MR) is 106 cm³/mol. The molecule has 0 radical (unpaired) electrons. The Kier molecular flexibility index (Phi) is 6.47. The van der Waals surface area contributed by atoms with Crippen LogP contribution >= 0.6 is 0 Å². The van der Waals surface area contributed by atoms with E-state index in [-0.39, 0.29) is 18.4 Å². The van der Waals surface area contributed by atoms with Crippen LogP contribution in [0.3, 0.4) is 0 Å². The van der Waals surface area contributed by atoms with Crippen molar-refractivity contribution in [3.05, 3.63) is 59.7 Å². The van der Waals surface area contributed by atoms with Crippen molar-refractivity contribution in [1.82, 2.24) is 4.90 Å². The van der Waals surface area contributed by atoms with Crippen molar-refractivity contribution in [2.75, 3.05) is 25.0 Å². The van der Waals surface area contributed by atoms with Gasteiger partial charge in [0.25, 0.3) is 11.8 Å². The Labute approximate surface area is 160 Å². The SMILES string of the molecule is CCc1ccc(OCC(=O)Nc2ccccc2C(=O)N2CCCCC2)cc1. The molecule has 0 bridgehead atoms. The largest absolute Gasteiger partial charge is 0.484 e. The van der Waals surface area contributed by atoms with Gasteiger partial charge in [0.1, 0.15) is 5.75 Å². The highest BCUT2D eigenvalue weighted by molar-refractivity contribution is 6.04. The predicted octanol–water partition coefficient (Wildman–Crippen LogP) is 3.89. The van der Waals surface area contributed by atoms with Crippen molar-refractivity contribution in [3.8, 4) is 5.75 Å². The number of nitrogens with zero attached hydrogens (tertiary/aromatic N) is 1. The molecule has 5 nitrogen and oxygen atoms in total. The molecule has 0 aromatic heterocycles. The summed E-state index contributed by atoms with van der Waals surface area (Å²) in [6.07, 6.45) is 4.19. The topological polar surface area (TPSA) is 58.6 Å². The van der Waals surface area contributed by atoms with E-state index in [1.807, 2.05) is 41.3 Å². The Bertz CT molecular complexity index is 780. The molecule has 2 aromatic rings. The van der Waals surface area contributed by atoms with Gasteiger partial charge in [0, 0.05) is 13.1 Å². The number of piperidine rings is 1. The summed E-state index contributed by atoms with van der Waals surface area (Å²) in [6, 6.07) is 14.8. The van der Waals surface area contributed by atoms with E-state index in [4.69, 9.17) is 4.74 Å². The fourth-order valence-corrected chi connectivity index (χ4v) is 3.20. The van der Waals surface area contributed by atoms with Gasteiger partial charge < -0.3 is 15.0 Å². The Morgan fingerprint density at radius 2 is 1.70 bits per heavy atom. The third kappa shape index (κ3) is 5.09. The molecule has 0 saturated carbocycles. The maximum Gasteiger partial charge on any atom is 0.262 e. The first-order valence-corrected chi connectivity index (χ1v) is 9.57. The lowest BCUT2D eigenvalue weighted by Gasteiger charge is -2.27. The first-order valence-electron chi connectivity index (χ1n) is 9.57. The Hall–Kier alpha value is -2.82. The molecule has 2 amide bonds. The minimum atomic E-state index is -0.284. The van der Waals surface area contributed by atoms with Crippen LogP contribution in [0.2, 0.25) is 0 Å². The lowest BCUT2D eigenvalue weighted by molar-refractivity contribution is -0.118. The number of amides is 2. The highest BCUT2D eigenvalue weighted by Crippen LogP contribution is 2.20. The Morgan fingerprint density at radius 1 is 1.00 bits per heavy atom. The number of aryl methyl sites for hydroxylation is 1. The molecular weight excluding hydrogens is 340 g/mol. The van der Waals surface area contributed by atoms with Gasteiger partial charge in [-0.2, -0.15) is 0 Å². The zero-order chi connectivity index (χ0) is 19.1. The zero-order valence-corrected chi connectivity index (χ0v) is 15.7. The molecule has 0 aliphatic carbocycles. The second-order valence-corrected chi connectivity index (χ2v) is 6.73. The van der Waals surface area contributed by atoms with Crippen LogP contribution in [0.5, 0.6) is 5.75 Å².